The van der Waals surface area contributed by atoms with Gasteiger partial charge in [0.05, 0.1) is 19.7 Å². The molecule has 2 amide bonds. The van der Waals surface area contributed by atoms with Crippen molar-refractivity contribution in [1.82, 2.24) is 15.6 Å². The number of aromatic amines is 1. The zero-order valence-corrected chi connectivity index (χ0v) is 16.6. The standard InChI is InChI=1S/C22H24N4O4/c1-30-22(29)20(14-7-3-2-4-8-14)26-19(27)13-25-21(28)17(23)11-15-12-24-18-10-6-5-9-16(15)18/h2-10,12,17,20,24H,11,13,23H2,1H3,(H,25,28)(H,26,27)/t17-,20-/m0/s1. The molecular formula is C22H24N4O4. The Morgan fingerprint density at radius 1 is 1.07 bits per heavy atom. The highest BCUT2D eigenvalue weighted by molar-refractivity contribution is 5.91. The lowest BCUT2D eigenvalue weighted by Crippen LogP contribution is -2.47. The van der Waals surface area contributed by atoms with Crippen molar-refractivity contribution in [1.29, 1.82) is 0 Å². The Labute approximate surface area is 173 Å². The van der Waals surface area contributed by atoms with E-state index >= 15 is 0 Å². The van der Waals surface area contributed by atoms with E-state index in [9.17, 15) is 14.4 Å². The number of H-pyrrole nitrogens is 1. The van der Waals surface area contributed by atoms with E-state index < -0.39 is 29.9 Å². The summed E-state index contributed by atoms with van der Waals surface area (Å²) in [6, 6.07) is 14.7. The molecule has 2 atom stereocenters. The summed E-state index contributed by atoms with van der Waals surface area (Å²) < 4.78 is 4.76. The number of rotatable bonds is 8. The molecule has 8 heteroatoms. The molecule has 0 saturated heterocycles. The fourth-order valence-electron chi connectivity index (χ4n) is 3.18. The second-order valence-corrected chi connectivity index (χ2v) is 6.82. The van der Waals surface area contributed by atoms with Gasteiger partial charge in [-0.2, -0.15) is 0 Å². The quantitative estimate of drug-likeness (QED) is 0.417. The van der Waals surface area contributed by atoms with Gasteiger partial charge in [-0.15, -0.1) is 0 Å². The maximum absolute atomic E-state index is 12.3. The van der Waals surface area contributed by atoms with Gasteiger partial charge in [0.2, 0.25) is 11.8 Å². The first-order valence-corrected chi connectivity index (χ1v) is 9.50. The van der Waals surface area contributed by atoms with E-state index in [0.29, 0.717) is 12.0 Å². The lowest BCUT2D eigenvalue weighted by Gasteiger charge is -2.17. The fourth-order valence-corrected chi connectivity index (χ4v) is 3.18. The Balaban J connectivity index is 1.55. The second kappa shape index (κ2) is 9.71. The number of nitrogens with two attached hydrogens (primary N) is 1. The van der Waals surface area contributed by atoms with Gasteiger partial charge >= 0.3 is 5.97 Å². The molecule has 0 aliphatic rings. The molecule has 3 aromatic rings. The molecule has 30 heavy (non-hydrogen) atoms. The van der Waals surface area contributed by atoms with Gasteiger partial charge in [-0.05, 0) is 23.6 Å². The Bertz CT molecular complexity index is 1030. The summed E-state index contributed by atoms with van der Waals surface area (Å²) in [4.78, 5) is 39.8. The largest absolute Gasteiger partial charge is 0.467 e. The number of hydrogen-bond donors (Lipinski definition) is 4. The summed E-state index contributed by atoms with van der Waals surface area (Å²) in [6.07, 6.45) is 2.15. The number of hydrogen-bond acceptors (Lipinski definition) is 5. The van der Waals surface area contributed by atoms with E-state index in [4.69, 9.17) is 10.5 Å². The molecule has 1 aromatic heterocycles. The van der Waals surface area contributed by atoms with E-state index in [1.54, 1.807) is 30.3 Å². The molecule has 1 heterocycles. The lowest BCUT2D eigenvalue weighted by molar-refractivity contribution is -0.145. The molecule has 0 aliphatic carbocycles. The van der Waals surface area contributed by atoms with Crippen molar-refractivity contribution in [2.75, 3.05) is 13.7 Å². The summed E-state index contributed by atoms with van der Waals surface area (Å²) in [6.45, 7) is -0.305. The number of nitrogens with one attached hydrogen (secondary N) is 3. The molecule has 0 aliphatic heterocycles. The third-order valence-electron chi connectivity index (χ3n) is 4.75. The second-order valence-electron chi connectivity index (χ2n) is 6.82. The third kappa shape index (κ3) is 5.03. The van der Waals surface area contributed by atoms with Crippen LogP contribution in [0.3, 0.4) is 0 Å². The minimum absolute atomic E-state index is 0.305. The molecule has 0 bridgehead atoms. The average molecular weight is 408 g/mol. The molecule has 156 valence electrons. The van der Waals surface area contributed by atoms with Gasteiger partial charge < -0.3 is 26.1 Å². The van der Waals surface area contributed by atoms with Crippen molar-refractivity contribution in [3.63, 3.8) is 0 Å². The van der Waals surface area contributed by atoms with Crippen LogP contribution in [-0.4, -0.2) is 42.5 Å². The highest BCUT2D eigenvalue weighted by Crippen LogP contribution is 2.18. The number of carbonyl (C=O) groups excluding carboxylic acids is 3. The Morgan fingerprint density at radius 3 is 2.50 bits per heavy atom. The highest BCUT2D eigenvalue weighted by atomic mass is 16.5. The summed E-state index contributed by atoms with van der Waals surface area (Å²) in [7, 11) is 1.25. The minimum Gasteiger partial charge on any atom is -0.467 e. The maximum Gasteiger partial charge on any atom is 0.333 e. The van der Waals surface area contributed by atoms with E-state index in [-0.39, 0.29) is 6.54 Å². The zero-order chi connectivity index (χ0) is 21.5. The summed E-state index contributed by atoms with van der Waals surface area (Å²) >= 11 is 0. The van der Waals surface area contributed by atoms with Crippen molar-refractivity contribution in [3.05, 3.63) is 71.9 Å². The van der Waals surface area contributed by atoms with Gasteiger partial charge in [0.25, 0.3) is 0 Å². The molecule has 8 nitrogen and oxygen atoms in total. The molecule has 0 spiro atoms. The predicted octanol–water partition coefficient (Wildman–Crippen LogP) is 1.18. The van der Waals surface area contributed by atoms with Crippen LogP contribution in [0.2, 0.25) is 0 Å². The van der Waals surface area contributed by atoms with Crippen LogP contribution in [0.4, 0.5) is 0 Å². The zero-order valence-electron chi connectivity index (χ0n) is 16.6. The number of fused-ring (bicyclic) bond motifs is 1. The van der Waals surface area contributed by atoms with Gasteiger partial charge in [0.15, 0.2) is 6.04 Å². The fraction of sp³-hybridized carbons (Fsp3) is 0.227. The first kappa shape index (κ1) is 21.1. The van der Waals surface area contributed by atoms with E-state index in [0.717, 1.165) is 16.5 Å². The molecular weight excluding hydrogens is 384 g/mol. The summed E-state index contributed by atoms with van der Waals surface area (Å²) in [5, 5.41) is 6.09. The lowest BCUT2D eigenvalue weighted by atomic mass is 10.1. The van der Waals surface area contributed by atoms with Crippen molar-refractivity contribution < 1.29 is 19.1 Å². The van der Waals surface area contributed by atoms with E-state index in [2.05, 4.69) is 15.6 Å². The van der Waals surface area contributed by atoms with Crippen LogP contribution in [-0.2, 0) is 25.5 Å². The Kier molecular flexibility index (Phi) is 6.82. The van der Waals surface area contributed by atoms with Crippen molar-refractivity contribution in [3.8, 4) is 0 Å². The molecule has 0 saturated carbocycles. The van der Waals surface area contributed by atoms with Crippen molar-refractivity contribution >= 4 is 28.7 Å². The van der Waals surface area contributed by atoms with Crippen LogP contribution < -0.4 is 16.4 Å². The predicted molar refractivity (Wildman–Crippen MR) is 112 cm³/mol. The summed E-state index contributed by atoms with van der Waals surface area (Å²) in [5.41, 5.74) is 8.49. The number of carbonyl (C=O) groups is 3. The molecule has 0 unspecified atom stereocenters. The van der Waals surface area contributed by atoms with Crippen LogP contribution in [0, 0.1) is 0 Å². The van der Waals surface area contributed by atoms with Crippen molar-refractivity contribution in [2.24, 2.45) is 5.73 Å². The normalized spacial score (nSPS) is 12.7. The SMILES string of the molecule is COC(=O)[C@@H](NC(=O)CNC(=O)[C@@H](N)Cc1c[nH]c2ccccc12)c1ccccc1. The molecule has 2 aromatic carbocycles. The van der Waals surface area contributed by atoms with Gasteiger partial charge in [-0.25, -0.2) is 4.79 Å². The van der Waals surface area contributed by atoms with Gasteiger partial charge in [-0.3, -0.25) is 9.59 Å². The van der Waals surface area contributed by atoms with Crippen LogP contribution in [0.5, 0.6) is 0 Å². The van der Waals surface area contributed by atoms with Crippen LogP contribution in [0.1, 0.15) is 17.2 Å². The molecule has 5 N–H and O–H groups in total. The van der Waals surface area contributed by atoms with Crippen LogP contribution in [0.15, 0.2) is 60.8 Å². The number of aromatic nitrogens is 1. The first-order valence-electron chi connectivity index (χ1n) is 9.50. The average Bonchev–Trinajstić information content (AvgIpc) is 3.18. The van der Waals surface area contributed by atoms with Gasteiger partial charge in [-0.1, -0.05) is 48.5 Å². The number of esters is 1. The van der Waals surface area contributed by atoms with Gasteiger partial charge in [0, 0.05) is 17.1 Å². The Hall–Kier alpha value is -3.65. The smallest absolute Gasteiger partial charge is 0.333 e. The minimum atomic E-state index is -0.958. The first-order chi connectivity index (χ1) is 14.5. The van der Waals surface area contributed by atoms with Crippen LogP contribution >= 0.6 is 0 Å². The van der Waals surface area contributed by atoms with Crippen molar-refractivity contribution in [2.45, 2.75) is 18.5 Å². The number of para-hydroxylation sites is 1. The monoisotopic (exact) mass is 408 g/mol. The van der Waals surface area contributed by atoms with Crippen LogP contribution in [0.25, 0.3) is 10.9 Å². The molecule has 0 radical (unpaired) electrons. The number of amides is 2. The maximum atomic E-state index is 12.3. The molecule has 3 rings (SSSR count). The topological polar surface area (TPSA) is 126 Å². The van der Waals surface area contributed by atoms with E-state index in [1.807, 2.05) is 30.5 Å². The number of methoxy groups -OCH3 is 1. The summed E-state index contributed by atoms with van der Waals surface area (Å²) in [5.74, 6) is -1.58. The number of benzene rings is 2. The number of ether oxygens (including phenoxy) is 1. The molecule has 0 fully saturated rings. The van der Waals surface area contributed by atoms with E-state index in [1.165, 1.54) is 7.11 Å². The Morgan fingerprint density at radius 2 is 1.77 bits per heavy atom. The third-order valence-corrected chi connectivity index (χ3v) is 4.75. The highest BCUT2D eigenvalue weighted by Gasteiger charge is 2.24. The van der Waals surface area contributed by atoms with Gasteiger partial charge in [0.1, 0.15) is 0 Å².